The molecular formula is C12H9Cl2N. The van der Waals surface area contributed by atoms with Gasteiger partial charge in [0.15, 0.2) is 0 Å². The maximum absolute atomic E-state index is 6.36. The minimum Gasteiger partial charge on any atom is -0.384 e. The molecule has 0 amide bonds. The topological polar surface area (TPSA) is 12.0 Å². The first-order valence-corrected chi connectivity index (χ1v) is 5.66. The summed E-state index contributed by atoms with van der Waals surface area (Å²) in [5, 5.41) is 7.12. The molecule has 0 fully saturated rings. The monoisotopic (exact) mass is 237 g/mol. The minimum atomic E-state index is 0.747. The Kier molecular flexibility index (Phi) is 2.04. The van der Waals surface area contributed by atoms with E-state index < -0.39 is 0 Å². The van der Waals surface area contributed by atoms with Crippen LogP contribution >= 0.6 is 23.2 Å². The van der Waals surface area contributed by atoms with Crippen LogP contribution in [-0.2, 0) is 6.42 Å². The van der Waals surface area contributed by atoms with Crippen molar-refractivity contribution in [2.45, 2.75) is 6.42 Å². The normalized spacial score (nSPS) is 14.0. The SMILES string of the molecule is Clc1ccc2c(Cl)c3c(cc2c1)NCC3. The first-order chi connectivity index (χ1) is 7.25. The van der Waals surface area contributed by atoms with E-state index >= 15 is 0 Å². The smallest absolute Gasteiger partial charge is 0.0537 e. The first kappa shape index (κ1) is 9.32. The van der Waals surface area contributed by atoms with Crippen molar-refractivity contribution in [1.29, 1.82) is 0 Å². The second kappa shape index (κ2) is 3.29. The second-order valence-electron chi connectivity index (χ2n) is 3.76. The Bertz CT molecular complexity index is 549. The van der Waals surface area contributed by atoms with E-state index in [0.29, 0.717) is 0 Å². The van der Waals surface area contributed by atoms with Gasteiger partial charge in [-0.25, -0.2) is 0 Å². The van der Waals surface area contributed by atoms with Crippen LogP contribution in [0.25, 0.3) is 10.8 Å². The molecule has 0 spiro atoms. The van der Waals surface area contributed by atoms with Crippen molar-refractivity contribution in [1.82, 2.24) is 0 Å². The van der Waals surface area contributed by atoms with Gasteiger partial charge in [0.05, 0.1) is 5.02 Å². The molecule has 1 heterocycles. The molecule has 15 heavy (non-hydrogen) atoms. The molecule has 3 heteroatoms. The number of halogens is 2. The highest BCUT2D eigenvalue weighted by Gasteiger charge is 2.16. The van der Waals surface area contributed by atoms with E-state index in [1.165, 1.54) is 5.56 Å². The molecule has 2 aromatic rings. The van der Waals surface area contributed by atoms with Crippen molar-refractivity contribution in [2.24, 2.45) is 0 Å². The standard InChI is InChI=1S/C12H9Cl2N/c13-8-1-2-9-7(5-8)6-11-10(12(9)14)3-4-15-11/h1-2,5-6,15H,3-4H2. The molecule has 0 saturated carbocycles. The lowest BCUT2D eigenvalue weighted by molar-refractivity contribution is 1.11. The van der Waals surface area contributed by atoms with Crippen LogP contribution in [0.1, 0.15) is 5.56 Å². The molecular weight excluding hydrogens is 229 g/mol. The van der Waals surface area contributed by atoms with E-state index in [-0.39, 0.29) is 0 Å². The number of hydrogen-bond acceptors (Lipinski definition) is 1. The molecule has 1 N–H and O–H groups in total. The maximum Gasteiger partial charge on any atom is 0.0537 e. The van der Waals surface area contributed by atoms with Gasteiger partial charge in [0.25, 0.3) is 0 Å². The predicted molar refractivity (Wildman–Crippen MR) is 66.2 cm³/mol. The lowest BCUT2D eigenvalue weighted by Gasteiger charge is -2.07. The number of hydrogen-bond donors (Lipinski definition) is 1. The Morgan fingerprint density at radius 2 is 2.00 bits per heavy atom. The predicted octanol–water partition coefficient (Wildman–Crippen LogP) is 4.11. The van der Waals surface area contributed by atoms with Gasteiger partial charge in [0, 0.05) is 22.6 Å². The zero-order valence-corrected chi connectivity index (χ0v) is 9.49. The first-order valence-electron chi connectivity index (χ1n) is 4.90. The quantitative estimate of drug-likeness (QED) is 0.728. The molecule has 1 nitrogen and oxygen atoms in total. The van der Waals surface area contributed by atoms with Crippen LogP contribution < -0.4 is 5.32 Å². The largest absolute Gasteiger partial charge is 0.384 e. The van der Waals surface area contributed by atoms with E-state index in [9.17, 15) is 0 Å². The molecule has 1 aliphatic rings. The van der Waals surface area contributed by atoms with Gasteiger partial charge in [0.2, 0.25) is 0 Å². The molecule has 0 unspecified atom stereocenters. The van der Waals surface area contributed by atoms with Crippen LogP contribution in [0.2, 0.25) is 10.0 Å². The zero-order chi connectivity index (χ0) is 10.4. The highest BCUT2D eigenvalue weighted by atomic mass is 35.5. The van der Waals surface area contributed by atoms with Gasteiger partial charge in [-0.3, -0.25) is 0 Å². The van der Waals surface area contributed by atoms with Gasteiger partial charge in [0.1, 0.15) is 0 Å². The van der Waals surface area contributed by atoms with Gasteiger partial charge in [-0.2, -0.15) is 0 Å². The molecule has 3 rings (SSSR count). The third-order valence-electron chi connectivity index (χ3n) is 2.83. The van der Waals surface area contributed by atoms with Crippen molar-refractivity contribution >= 4 is 39.7 Å². The Morgan fingerprint density at radius 1 is 1.13 bits per heavy atom. The summed E-state index contributed by atoms with van der Waals surface area (Å²) < 4.78 is 0. The van der Waals surface area contributed by atoms with Crippen LogP contribution in [0, 0.1) is 0 Å². The summed E-state index contributed by atoms with van der Waals surface area (Å²) in [5.41, 5.74) is 2.38. The van der Waals surface area contributed by atoms with Gasteiger partial charge in [-0.15, -0.1) is 0 Å². The Morgan fingerprint density at radius 3 is 2.87 bits per heavy atom. The molecule has 0 aliphatic carbocycles. The Hall–Kier alpha value is -0.920. The second-order valence-corrected chi connectivity index (χ2v) is 4.57. The van der Waals surface area contributed by atoms with E-state index in [4.69, 9.17) is 23.2 Å². The van der Waals surface area contributed by atoms with E-state index in [1.54, 1.807) is 0 Å². The van der Waals surface area contributed by atoms with Crippen LogP contribution in [0.5, 0.6) is 0 Å². The highest BCUT2D eigenvalue weighted by Crippen LogP contribution is 2.37. The fourth-order valence-electron chi connectivity index (χ4n) is 2.10. The molecule has 0 aromatic heterocycles. The average molecular weight is 238 g/mol. The number of fused-ring (bicyclic) bond motifs is 2. The number of benzene rings is 2. The van der Waals surface area contributed by atoms with Crippen molar-refractivity contribution in [2.75, 3.05) is 11.9 Å². The summed E-state index contributed by atoms with van der Waals surface area (Å²) in [6.45, 7) is 0.971. The zero-order valence-electron chi connectivity index (χ0n) is 7.98. The van der Waals surface area contributed by atoms with Crippen molar-refractivity contribution in [3.05, 3.63) is 39.9 Å². The molecule has 2 aromatic carbocycles. The van der Waals surface area contributed by atoms with Crippen molar-refractivity contribution in [3.63, 3.8) is 0 Å². The lowest BCUT2D eigenvalue weighted by atomic mass is 10.0. The van der Waals surface area contributed by atoms with Crippen LogP contribution in [-0.4, -0.2) is 6.54 Å². The molecule has 1 aliphatic heterocycles. The van der Waals surface area contributed by atoms with Crippen molar-refractivity contribution < 1.29 is 0 Å². The summed E-state index contributed by atoms with van der Waals surface area (Å²) in [4.78, 5) is 0. The van der Waals surface area contributed by atoms with Crippen LogP contribution in [0.4, 0.5) is 5.69 Å². The van der Waals surface area contributed by atoms with Crippen LogP contribution in [0.15, 0.2) is 24.3 Å². The molecule has 0 atom stereocenters. The van der Waals surface area contributed by atoms with E-state index in [2.05, 4.69) is 11.4 Å². The van der Waals surface area contributed by atoms with E-state index in [1.807, 2.05) is 18.2 Å². The third kappa shape index (κ3) is 1.38. The lowest BCUT2D eigenvalue weighted by Crippen LogP contribution is -1.90. The number of rotatable bonds is 0. The summed E-state index contributed by atoms with van der Waals surface area (Å²) in [6.07, 6.45) is 1.01. The summed E-state index contributed by atoms with van der Waals surface area (Å²) in [7, 11) is 0. The number of anilines is 1. The summed E-state index contributed by atoms with van der Waals surface area (Å²) in [5.74, 6) is 0. The molecule has 0 bridgehead atoms. The minimum absolute atomic E-state index is 0.747. The van der Waals surface area contributed by atoms with Gasteiger partial charge >= 0.3 is 0 Å². The fourth-order valence-corrected chi connectivity index (χ4v) is 2.65. The fraction of sp³-hybridized carbons (Fsp3) is 0.167. The summed E-state index contributed by atoms with van der Waals surface area (Å²) >= 11 is 12.3. The molecule has 0 saturated heterocycles. The van der Waals surface area contributed by atoms with Gasteiger partial charge in [-0.1, -0.05) is 29.3 Å². The highest BCUT2D eigenvalue weighted by molar-refractivity contribution is 6.37. The summed E-state index contributed by atoms with van der Waals surface area (Å²) in [6, 6.07) is 7.93. The number of nitrogens with one attached hydrogen (secondary N) is 1. The molecule has 76 valence electrons. The van der Waals surface area contributed by atoms with Crippen LogP contribution in [0.3, 0.4) is 0 Å². The Labute approximate surface area is 98.0 Å². The molecule has 0 radical (unpaired) electrons. The Balaban J connectivity index is 2.41. The van der Waals surface area contributed by atoms with Gasteiger partial charge in [-0.05, 0) is 35.6 Å². The van der Waals surface area contributed by atoms with Crippen molar-refractivity contribution in [3.8, 4) is 0 Å². The maximum atomic E-state index is 6.36. The van der Waals surface area contributed by atoms with Gasteiger partial charge < -0.3 is 5.32 Å². The average Bonchev–Trinajstić information content (AvgIpc) is 2.65. The van der Waals surface area contributed by atoms with E-state index in [0.717, 1.165) is 39.5 Å². The third-order valence-corrected chi connectivity index (χ3v) is 3.50.